The number of nitrogens with one attached hydrogen (secondary N) is 1. The Morgan fingerprint density at radius 3 is 3.00 bits per heavy atom. The molecule has 1 aromatic rings. The Hall–Kier alpha value is -0.480. The third-order valence-electron chi connectivity index (χ3n) is 3.40. The molecule has 1 aliphatic heterocycles. The van der Waals surface area contributed by atoms with Crippen LogP contribution < -0.4 is 10.1 Å². The number of rotatable bonds is 5. The molecule has 3 nitrogen and oxygen atoms in total. The Balaban J connectivity index is 2.09. The molecule has 5 heteroatoms. The second-order valence-corrected chi connectivity index (χ2v) is 5.87. The summed E-state index contributed by atoms with van der Waals surface area (Å²) >= 11 is 12.2. The molecule has 0 saturated heterocycles. The first-order valence-electron chi connectivity index (χ1n) is 6.57. The fourth-order valence-corrected chi connectivity index (χ4v) is 2.87. The van der Waals surface area contributed by atoms with Crippen LogP contribution in [0.15, 0.2) is 12.1 Å². The van der Waals surface area contributed by atoms with Gasteiger partial charge in [-0.25, -0.2) is 0 Å². The Kier molecular flexibility index (Phi) is 5.34. The number of hydrogen-bond donors (Lipinski definition) is 2. The van der Waals surface area contributed by atoms with E-state index in [9.17, 15) is 0 Å². The van der Waals surface area contributed by atoms with E-state index in [-0.39, 0.29) is 12.6 Å². The first-order chi connectivity index (χ1) is 9.11. The lowest BCUT2D eigenvalue weighted by atomic mass is 9.99. The van der Waals surface area contributed by atoms with Crippen molar-refractivity contribution in [2.45, 2.75) is 25.8 Å². The highest BCUT2D eigenvalue weighted by atomic mass is 35.5. The van der Waals surface area contributed by atoms with Gasteiger partial charge in [-0.15, -0.1) is 0 Å². The van der Waals surface area contributed by atoms with Crippen molar-refractivity contribution in [2.75, 3.05) is 19.8 Å². The first-order valence-corrected chi connectivity index (χ1v) is 7.33. The van der Waals surface area contributed by atoms with Gasteiger partial charge in [-0.05, 0) is 31.0 Å². The summed E-state index contributed by atoms with van der Waals surface area (Å²) < 4.78 is 5.62. The minimum absolute atomic E-state index is 0.209. The van der Waals surface area contributed by atoms with Crippen molar-refractivity contribution in [3.05, 3.63) is 27.7 Å². The van der Waals surface area contributed by atoms with Crippen molar-refractivity contribution in [3.8, 4) is 5.75 Å². The summed E-state index contributed by atoms with van der Waals surface area (Å²) in [6.07, 6.45) is 1.70. The Labute approximate surface area is 123 Å². The van der Waals surface area contributed by atoms with E-state index in [0.29, 0.717) is 22.6 Å². The second kappa shape index (κ2) is 6.80. The van der Waals surface area contributed by atoms with E-state index >= 15 is 0 Å². The number of fused-ring (bicyclic) bond motifs is 1. The van der Waals surface area contributed by atoms with Crippen molar-refractivity contribution in [1.82, 2.24) is 5.32 Å². The molecule has 1 heterocycles. The molecule has 2 N–H and O–H groups in total. The molecule has 0 amide bonds. The van der Waals surface area contributed by atoms with Crippen LogP contribution in [0.25, 0.3) is 0 Å². The fraction of sp³-hybridized carbons (Fsp3) is 0.571. The predicted octanol–water partition coefficient (Wildman–Crippen LogP) is 3.43. The summed E-state index contributed by atoms with van der Waals surface area (Å²) in [5.41, 5.74) is 1.03. The molecule has 2 unspecified atom stereocenters. The molecular weight excluding hydrogens is 285 g/mol. The molecule has 1 aromatic carbocycles. The summed E-state index contributed by atoms with van der Waals surface area (Å²) in [4.78, 5) is 0. The SMILES string of the molecule is CC(CCO)CNC1CCOc2c(Cl)cc(Cl)cc21. The maximum absolute atomic E-state index is 8.92. The maximum Gasteiger partial charge on any atom is 0.142 e. The lowest BCUT2D eigenvalue weighted by molar-refractivity contribution is 0.236. The second-order valence-electron chi connectivity index (χ2n) is 5.02. The molecule has 0 bridgehead atoms. The third-order valence-corrected chi connectivity index (χ3v) is 3.90. The van der Waals surface area contributed by atoms with Crippen molar-refractivity contribution < 1.29 is 9.84 Å². The van der Waals surface area contributed by atoms with Crippen LogP contribution in [-0.2, 0) is 0 Å². The van der Waals surface area contributed by atoms with E-state index < -0.39 is 0 Å². The molecule has 0 fully saturated rings. The predicted molar refractivity (Wildman–Crippen MR) is 78.2 cm³/mol. The van der Waals surface area contributed by atoms with Gasteiger partial charge in [0.05, 0.1) is 11.6 Å². The van der Waals surface area contributed by atoms with Crippen LogP contribution in [0.5, 0.6) is 5.75 Å². The number of aliphatic hydroxyl groups excluding tert-OH is 1. The average molecular weight is 304 g/mol. The highest BCUT2D eigenvalue weighted by Gasteiger charge is 2.24. The molecule has 2 rings (SSSR count). The lowest BCUT2D eigenvalue weighted by Gasteiger charge is -2.28. The van der Waals surface area contributed by atoms with Gasteiger partial charge in [0.2, 0.25) is 0 Å². The van der Waals surface area contributed by atoms with Gasteiger partial charge in [-0.1, -0.05) is 30.1 Å². The van der Waals surface area contributed by atoms with E-state index in [2.05, 4.69) is 12.2 Å². The Morgan fingerprint density at radius 2 is 2.26 bits per heavy atom. The lowest BCUT2D eigenvalue weighted by Crippen LogP contribution is -2.30. The minimum Gasteiger partial charge on any atom is -0.492 e. The van der Waals surface area contributed by atoms with Gasteiger partial charge in [0.25, 0.3) is 0 Å². The highest BCUT2D eigenvalue weighted by molar-refractivity contribution is 6.35. The zero-order chi connectivity index (χ0) is 13.8. The number of ether oxygens (including phenoxy) is 1. The van der Waals surface area contributed by atoms with Gasteiger partial charge in [-0.2, -0.15) is 0 Å². The van der Waals surface area contributed by atoms with Crippen molar-refractivity contribution in [2.24, 2.45) is 5.92 Å². The summed E-state index contributed by atoms with van der Waals surface area (Å²) in [6, 6.07) is 3.83. The van der Waals surface area contributed by atoms with Crippen LogP contribution in [0.1, 0.15) is 31.4 Å². The number of benzene rings is 1. The number of aliphatic hydroxyl groups is 1. The van der Waals surface area contributed by atoms with E-state index in [1.165, 1.54) is 0 Å². The topological polar surface area (TPSA) is 41.5 Å². The molecule has 2 atom stereocenters. The standard InChI is InChI=1S/C14H19Cl2NO2/c1-9(2-4-18)8-17-13-3-5-19-14-11(13)6-10(15)7-12(14)16/h6-7,9,13,17-18H,2-5,8H2,1H3. The van der Waals surface area contributed by atoms with Crippen LogP contribution in [-0.4, -0.2) is 24.9 Å². The molecule has 0 radical (unpaired) electrons. The van der Waals surface area contributed by atoms with Crippen LogP contribution in [0.2, 0.25) is 10.0 Å². The van der Waals surface area contributed by atoms with Crippen LogP contribution in [0, 0.1) is 5.92 Å². The smallest absolute Gasteiger partial charge is 0.142 e. The number of halogens is 2. The Bertz CT molecular complexity index is 440. The van der Waals surface area contributed by atoms with Gasteiger partial charge >= 0.3 is 0 Å². The Morgan fingerprint density at radius 1 is 1.47 bits per heavy atom. The summed E-state index contributed by atoms with van der Waals surface area (Å²) in [5, 5.41) is 13.6. The summed E-state index contributed by atoms with van der Waals surface area (Å²) in [6.45, 7) is 3.86. The zero-order valence-corrected chi connectivity index (χ0v) is 12.5. The maximum atomic E-state index is 8.92. The quantitative estimate of drug-likeness (QED) is 0.876. The molecule has 0 aliphatic carbocycles. The van der Waals surface area contributed by atoms with Crippen LogP contribution in [0.4, 0.5) is 0 Å². The minimum atomic E-state index is 0.209. The molecule has 19 heavy (non-hydrogen) atoms. The van der Waals surface area contributed by atoms with Gasteiger partial charge in [0, 0.05) is 29.7 Å². The van der Waals surface area contributed by atoms with E-state index in [1.54, 1.807) is 6.07 Å². The molecular formula is C14H19Cl2NO2. The van der Waals surface area contributed by atoms with E-state index in [0.717, 1.165) is 30.7 Å². The number of hydrogen-bond acceptors (Lipinski definition) is 3. The van der Waals surface area contributed by atoms with Gasteiger partial charge < -0.3 is 15.2 Å². The first kappa shape index (κ1) is 14.9. The van der Waals surface area contributed by atoms with Crippen molar-refractivity contribution in [3.63, 3.8) is 0 Å². The van der Waals surface area contributed by atoms with Crippen LogP contribution in [0.3, 0.4) is 0 Å². The molecule has 106 valence electrons. The van der Waals surface area contributed by atoms with E-state index in [4.69, 9.17) is 33.0 Å². The zero-order valence-electron chi connectivity index (χ0n) is 11.0. The molecule has 0 saturated carbocycles. The van der Waals surface area contributed by atoms with Gasteiger partial charge in [0.1, 0.15) is 5.75 Å². The molecule has 0 spiro atoms. The van der Waals surface area contributed by atoms with Crippen molar-refractivity contribution >= 4 is 23.2 Å². The van der Waals surface area contributed by atoms with Gasteiger partial charge in [0.15, 0.2) is 0 Å². The monoisotopic (exact) mass is 303 g/mol. The highest BCUT2D eigenvalue weighted by Crippen LogP contribution is 2.39. The summed E-state index contributed by atoms with van der Waals surface area (Å²) in [7, 11) is 0. The average Bonchev–Trinajstić information content (AvgIpc) is 2.36. The summed E-state index contributed by atoms with van der Waals surface area (Å²) in [5.74, 6) is 1.18. The fourth-order valence-electron chi connectivity index (χ4n) is 2.30. The van der Waals surface area contributed by atoms with Crippen molar-refractivity contribution in [1.29, 1.82) is 0 Å². The van der Waals surface area contributed by atoms with Crippen LogP contribution >= 0.6 is 23.2 Å². The third kappa shape index (κ3) is 3.76. The molecule has 1 aliphatic rings. The largest absolute Gasteiger partial charge is 0.492 e. The normalized spacial score (nSPS) is 19.7. The van der Waals surface area contributed by atoms with Gasteiger partial charge in [-0.3, -0.25) is 0 Å². The van der Waals surface area contributed by atoms with E-state index in [1.807, 2.05) is 6.07 Å². The molecule has 0 aromatic heterocycles.